The van der Waals surface area contributed by atoms with Gasteiger partial charge in [0.2, 0.25) is 12.6 Å². The van der Waals surface area contributed by atoms with Crippen LogP contribution in [0, 0.1) is 11.3 Å². The highest BCUT2D eigenvalue weighted by Crippen LogP contribution is 2.40. The summed E-state index contributed by atoms with van der Waals surface area (Å²) in [6.07, 6.45) is 0. The van der Waals surface area contributed by atoms with Gasteiger partial charge in [0, 0.05) is 11.3 Å². The number of ether oxygens (including phenoxy) is 3. The number of carbonyl (C=O) groups is 1. The molecule has 1 aliphatic heterocycles. The van der Waals surface area contributed by atoms with Gasteiger partial charge in [0.25, 0.3) is 0 Å². The summed E-state index contributed by atoms with van der Waals surface area (Å²) >= 11 is 1.14. The molecular formula is C20H15N3O4S. The smallest absolute Gasteiger partial charge is 0.231 e. The molecule has 0 amide bonds. The van der Waals surface area contributed by atoms with E-state index in [2.05, 4.69) is 11.4 Å². The minimum absolute atomic E-state index is 0.128. The number of nitrogen functional groups attached to an aromatic ring is 1. The van der Waals surface area contributed by atoms with Crippen molar-refractivity contribution in [3.63, 3.8) is 0 Å². The Morgan fingerprint density at radius 3 is 2.68 bits per heavy atom. The van der Waals surface area contributed by atoms with E-state index in [1.54, 1.807) is 37.4 Å². The summed E-state index contributed by atoms with van der Waals surface area (Å²) in [5.74, 6) is 1.55. The van der Waals surface area contributed by atoms with Crippen molar-refractivity contribution in [1.82, 2.24) is 0 Å². The number of rotatable bonds is 5. The zero-order valence-electron chi connectivity index (χ0n) is 14.8. The van der Waals surface area contributed by atoms with Crippen molar-refractivity contribution in [3.8, 4) is 23.3 Å². The lowest BCUT2D eigenvalue weighted by molar-refractivity contribution is 0.104. The van der Waals surface area contributed by atoms with Crippen molar-refractivity contribution < 1.29 is 19.0 Å². The van der Waals surface area contributed by atoms with Gasteiger partial charge in [-0.1, -0.05) is 0 Å². The third-order valence-corrected chi connectivity index (χ3v) is 5.37. The zero-order chi connectivity index (χ0) is 19.7. The number of nitriles is 1. The Labute approximate surface area is 164 Å². The van der Waals surface area contributed by atoms with Crippen molar-refractivity contribution in [2.75, 3.05) is 25.0 Å². The molecule has 7 nitrogen and oxygen atoms in total. The van der Waals surface area contributed by atoms with Gasteiger partial charge in [-0.05, 0) is 42.5 Å². The van der Waals surface area contributed by atoms with Crippen molar-refractivity contribution in [2.24, 2.45) is 0 Å². The highest BCUT2D eigenvalue weighted by Gasteiger charge is 2.24. The van der Waals surface area contributed by atoms with Crippen LogP contribution in [0.1, 0.15) is 20.8 Å². The molecule has 0 spiro atoms. The summed E-state index contributed by atoms with van der Waals surface area (Å²) in [7, 11) is 1.59. The van der Waals surface area contributed by atoms with Gasteiger partial charge in [-0.25, -0.2) is 0 Å². The number of hydrogen-bond acceptors (Lipinski definition) is 8. The van der Waals surface area contributed by atoms with Gasteiger partial charge < -0.3 is 25.3 Å². The molecule has 2 aromatic carbocycles. The summed E-state index contributed by atoms with van der Waals surface area (Å²) < 4.78 is 15.7. The molecular weight excluding hydrogens is 378 g/mol. The van der Waals surface area contributed by atoms with E-state index in [-0.39, 0.29) is 23.8 Å². The number of nitrogens with one attached hydrogen (secondary N) is 1. The lowest BCUT2D eigenvalue weighted by Crippen LogP contribution is -2.02. The first kappa shape index (κ1) is 17.7. The van der Waals surface area contributed by atoms with Gasteiger partial charge in [-0.15, -0.1) is 11.3 Å². The Kier molecular flexibility index (Phi) is 4.51. The van der Waals surface area contributed by atoms with Crippen molar-refractivity contribution >= 4 is 33.5 Å². The predicted molar refractivity (Wildman–Crippen MR) is 106 cm³/mol. The van der Waals surface area contributed by atoms with E-state index >= 15 is 0 Å². The Bertz CT molecular complexity index is 1100. The lowest BCUT2D eigenvalue weighted by atomic mass is 10.1. The van der Waals surface area contributed by atoms with Gasteiger partial charge >= 0.3 is 0 Å². The summed E-state index contributed by atoms with van der Waals surface area (Å²) in [4.78, 5) is 13.3. The van der Waals surface area contributed by atoms with Crippen LogP contribution in [0.25, 0.3) is 0 Å². The van der Waals surface area contributed by atoms with Crippen molar-refractivity contribution in [2.45, 2.75) is 0 Å². The fourth-order valence-electron chi connectivity index (χ4n) is 2.79. The molecule has 0 aliphatic carbocycles. The van der Waals surface area contributed by atoms with E-state index in [1.807, 2.05) is 12.1 Å². The molecule has 0 fully saturated rings. The van der Waals surface area contributed by atoms with E-state index in [0.29, 0.717) is 26.9 Å². The molecule has 2 heterocycles. The normalized spacial score (nSPS) is 11.7. The van der Waals surface area contributed by atoms with Gasteiger partial charge in [0.1, 0.15) is 27.3 Å². The second-order valence-corrected chi connectivity index (χ2v) is 6.93. The molecule has 4 rings (SSSR count). The molecule has 1 aromatic heterocycles. The van der Waals surface area contributed by atoms with Gasteiger partial charge in [-0.3, -0.25) is 4.79 Å². The van der Waals surface area contributed by atoms with E-state index in [4.69, 9.17) is 19.9 Å². The van der Waals surface area contributed by atoms with Crippen LogP contribution in [0.2, 0.25) is 0 Å². The molecule has 0 unspecified atom stereocenters. The van der Waals surface area contributed by atoms with Crippen LogP contribution >= 0.6 is 11.3 Å². The Balaban J connectivity index is 1.66. The molecule has 3 aromatic rings. The second kappa shape index (κ2) is 7.13. The first-order valence-electron chi connectivity index (χ1n) is 8.28. The molecule has 3 N–H and O–H groups in total. The maximum atomic E-state index is 13.0. The Hall–Kier alpha value is -3.70. The molecule has 0 radical (unpaired) electrons. The highest BCUT2D eigenvalue weighted by molar-refractivity contribution is 7.19. The summed E-state index contributed by atoms with van der Waals surface area (Å²) in [5, 5.41) is 13.2. The maximum absolute atomic E-state index is 13.0. The number of hydrogen-bond donors (Lipinski definition) is 2. The lowest BCUT2D eigenvalue weighted by Gasteiger charge is -2.05. The molecule has 0 bridgehead atoms. The third kappa shape index (κ3) is 3.08. The van der Waals surface area contributed by atoms with E-state index in [9.17, 15) is 10.1 Å². The number of fused-ring (bicyclic) bond motifs is 1. The fourth-order valence-corrected chi connectivity index (χ4v) is 3.84. The van der Waals surface area contributed by atoms with Crippen LogP contribution in [0.5, 0.6) is 17.2 Å². The van der Waals surface area contributed by atoms with Crippen molar-refractivity contribution in [1.29, 1.82) is 5.26 Å². The first-order valence-corrected chi connectivity index (χ1v) is 9.10. The largest absolute Gasteiger partial charge is 0.497 e. The highest BCUT2D eigenvalue weighted by atomic mass is 32.1. The minimum atomic E-state index is -0.278. The van der Waals surface area contributed by atoms with Crippen LogP contribution < -0.4 is 25.3 Å². The molecule has 0 atom stereocenters. The zero-order valence-corrected chi connectivity index (χ0v) is 15.6. The minimum Gasteiger partial charge on any atom is -0.497 e. The summed E-state index contributed by atoms with van der Waals surface area (Å²) in [6.45, 7) is 0.128. The number of carbonyl (C=O) groups excluding carboxylic acids is 1. The number of nitrogens with two attached hydrogens (primary N) is 1. The SMILES string of the molecule is COc1ccc(Nc2sc(C(=O)c3ccc4c(c3)OCO4)c(N)c2C#N)cc1. The first-order chi connectivity index (χ1) is 13.6. The van der Waals surface area contributed by atoms with Crippen LogP contribution in [0.4, 0.5) is 16.4 Å². The predicted octanol–water partition coefficient (Wildman–Crippen LogP) is 3.91. The standard InChI is InChI=1S/C20H15N3O4S/c1-25-13-5-3-12(4-6-13)23-20-14(9-21)17(22)19(28-20)18(24)11-2-7-15-16(8-11)27-10-26-15/h2-8,23H,10,22H2,1H3. The number of anilines is 3. The molecule has 140 valence electrons. The Morgan fingerprint density at radius 1 is 1.21 bits per heavy atom. The summed E-state index contributed by atoms with van der Waals surface area (Å²) in [5.41, 5.74) is 7.68. The number of benzene rings is 2. The van der Waals surface area contributed by atoms with Crippen LogP contribution in [-0.2, 0) is 0 Å². The number of thiophene rings is 1. The monoisotopic (exact) mass is 393 g/mol. The molecule has 0 saturated heterocycles. The molecule has 1 aliphatic rings. The summed E-state index contributed by atoms with van der Waals surface area (Å²) in [6, 6.07) is 14.2. The number of nitrogens with zero attached hydrogens (tertiary/aromatic N) is 1. The third-order valence-electron chi connectivity index (χ3n) is 4.25. The van der Waals surface area contributed by atoms with Crippen LogP contribution in [0.3, 0.4) is 0 Å². The maximum Gasteiger partial charge on any atom is 0.231 e. The van der Waals surface area contributed by atoms with Crippen LogP contribution in [-0.4, -0.2) is 19.7 Å². The molecule has 0 saturated carbocycles. The average Bonchev–Trinajstić information content (AvgIpc) is 3.31. The van der Waals surface area contributed by atoms with Crippen LogP contribution in [0.15, 0.2) is 42.5 Å². The van der Waals surface area contributed by atoms with E-state index in [0.717, 1.165) is 22.8 Å². The second-order valence-electron chi connectivity index (χ2n) is 5.91. The van der Waals surface area contributed by atoms with E-state index in [1.165, 1.54) is 0 Å². The molecule has 8 heteroatoms. The number of ketones is 1. The number of methoxy groups -OCH3 is 1. The van der Waals surface area contributed by atoms with E-state index < -0.39 is 0 Å². The quantitative estimate of drug-likeness (QED) is 0.633. The molecule has 28 heavy (non-hydrogen) atoms. The fraction of sp³-hybridized carbons (Fsp3) is 0.100. The van der Waals surface area contributed by atoms with Crippen molar-refractivity contribution in [3.05, 3.63) is 58.5 Å². The van der Waals surface area contributed by atoms with Gasteiger partial charge in [-0.2, -0.15) is 5.26 Å². The van der Waals surface area contributed by atoms with Gasteiger partial charge in [0.05, 0.1) is 12.8 Å². The Morgan fingerprint density at radius 2 is 1.96 bits per heavy atom. The average molecular weight is 393 g/mol. The topological polar surface area (TPSA) is 107 Å². The van der Waals surface area contributed by atoms with Gasteiger partial charge in [0.15, 0.2) is 11.5 Å².